The molecule has 1 aliphatic heterocycles. The van der Waals surface area contributed by atoms with Gasteiger partial charge in [0.25, 0.3) is 0 Å². The molecule has 1 aromatic carbocycles. The molecule has 0 amide bonds. The topological polar surface area (TPSA) is 61.8 Å². The van der Waals surface area contributed by atoms with E-state index in [4.69, 9.17) is 9.73 Å². The molecule has 0 radical (unpaired) electrons. The number of methoxy groups -OCH3 is 1. The molecular weight excluding hydrogens is 509 g/mol. The molecule has 2 aromatic rings. The van der Waals surface area contributed by atoms with E-state index in [1.165, 1.54) is 23.4 Å². The van der Waals surface area contributed by atoms with Gasteiger partial charge in [-0.1, -0.05) is 25.1 Å². The normalized spacial score (nSPS) is 15.5. The highest BCUT2D eigenvalue weighted by Gasteiger charge is 2.26. The summed E-state index contributed by atoms with van der Waals surface area (Å²) < 4.78 is 5.65. The van der Waals surface area contributed by atoms with Gasteiger partial charge in [-0.3, -0.25) is 4.90 Å². The van der Waals surface area contributed by atoms with E-state index in [-0.39, 0.29) is 30.0 Å². The van der Waals surface area contributed by atoms with Crippen LogP contribution in [-0.2, 0) is 13.0 Å². The molecule has 2 heterocycles. The summed E-state index contributed by atoms with van der Waals surface area (Å²) in [5, 5.41) is 10.2. The van der Waals surface area contributed by atoms with E-state index in [9.17, 15) is 0 Å². The number of aromatic nitrogens is 1. The number of para-hydroxylation sites is 1. The second kappa shape index (κ2) is 13.1. The molecular formula is C22H34IN5OS. The highest BCUT2D eigenvalue weighted by Crippen LogP contribution is 2.31. The van der Waals surface area contributed by atoms with Gasteiger partial charge in [0, 0.05) is 24.0 Å². The fourth-order valence-corrected chi connectivity index (χ4v) is 4.45. The summed E-state index contributed by atoms with van der Waals surface area (Å²) in [6.45, 7) is 8.67. The molecule has 1 fully saturated rings. The fourth-order valence-electron chi connectivity index (χ4n) is 3.71. The van der Waals surface area contributed by atoms with Crippen LogP contribution in [0.1, 0.15) is 49.0 Å². The van der Waals surface area contributed by atoms with Crippen molar-refractivity contribution in [1.29, 1.82) is 0 Å². The Balaban J connectivity index is 0.00000320. The van der Waals surface area contributed by atoms with Gasteiger partial charge in [-0.05, 0) is 45.3 Å². The maximum absolute atomic E-state index is 5.65. The summed E-state index contributed by atoms with van der Waals surface area (Å²) in [6.07, 6.45) is 3.48. The number of aliphatic imine (C=N–C) groups is 1. The quantitative estimate of drug-likeness (QED) is 0.282. The van der Waals surface area contributed by atoms with E-state index in [0.29, 0.717) is 6.54 Å². The monoisotopic (exact) mass is 543 g/mol. The highest BCUT2D eigenvalue weighted by molar-refractivity contribution is 14.0. The molecule has 1 aliphatic rings. The number of rotatable bonds is 9. The van der Waals surface area contributed by atoms with Crippen LogP contribution in [0.5, 0.6) is 5.75 Å². The van der Waals surface area contributed by atoms with Crippen LogP contribution in [0.3, 0.4) is 0 Å². The van der Waals surface area contributed by atoms with Gasteiger partial charge in [-0.15, -0.1) is 35.3 Å². The van der Waals surface area contributed by atoms with E-state index in [0.717, 1.165) is 50.0 Å². The maximum Gasteiger partial charge on any atom is 0.191 e. The standard InChI is InChI=1S/C22H33N5OS.HI/c1-4-21-26-17(16-29-21)14-24-22(23-5-2)25-15-19(27-12-8-9-13-27)18-10-6-7-11-20(18)28-3;/h6-7,10-11,16,19H,4-5,8-9,12-15H2,1-3H3,(H2,23,24,25);1H. The van der Waals surface area contributed by atoms with Crippen molar-refractivity contribution in [2.24, 2.45) is 4.99 Å². The number of likely N-dealkylation sites (tertiary alicyclic amines) is 1. The average molecular weight is 544 g/mol. The van der Waals surface area contributed by atoms with Crippen LogP contribution in [0, 0.1) is 0 Å². The van der Waals surface area contributed by atoms with Gasteiger partial charge in [0.2, 0.25) is 0 Å². The third-order valence-electron chi connectivity index (χ3n) is 5.19. The first-order valence-corrected chi connectivity index (χ1v) is 11.5. The van der Waals surface area contributed by atoms with Crippen LogP contribution in [0.25, 0.3) is 0 Å². The van der Waals surface area contributed by atoms with Crippen LogP contribution < -0.4 is 15.4 Å². The smallest absolute Gasteiger partial charge is 0.191 e. The fraction of sp³-hybridized carbons (Fsp3) is 0.545. The largest absolute Gasteiger partial charge is 0.496 e. The molecule has 6 nitrogen and oxygen atoms in total. The van der Waals surface area contributed by atoms with Crippen molar-refractivity contribution >= 4 is 41.3 Å². The number of thiazole rings is 1. The number of nitrogens with one attached hydrogen (secondary N) is 2. The highest BCUT2D eigenvalue weighted by atomic mass is 127. The second-order valence-corrected chi connectivity index (χ2v) is 8.11. The number of hydrogen-bond donors (Lipinski definition) is 2. The van der Waals surface area contributed by atoms with E-state index >= 15 is 0 Å². The van der Waals surface area contributed by atoms with Gasteiger partial charge in [0.15, 0.2) is 5.96 Å². The van der Waals surface area contributed by atoms with Gasteiger partial charge in [0.05, 0.1) is 30.4 Å². The number of benzene rings is 1. The van der Waals surface area contributed by atoms with Gasteiger partial charge in [-0.2, -0.15) is 0 Å². The number of guanidine groups is 1. The number of hydrogen-bond acceptors (Lipinski definition) is 5. The van der Waals surface area contributed by atoms with Crippen LogP contribution in [0.4, 0.5) is 0 Å². The molecule has 8 heteroatoms. The lowest BCUT2D eigenvalue weighted by Crippen LogP contribution is -2.42. The first-order valence-electron chi connectivity index (χ1n) is 10.6. The third-order valence-corrected chi connectivity index (χ3v) is 6.23. The second-order valence-electron chi connectivity index (χ2n) is 7.16. The Morgan fingerprint density at radius 3 is 2.67 bits per heavy atom. The molecule has 3 rings (SSSR count). The van der Waals surface area contributed by atoms with E-state index in [1.54, 1.807) is 18.4 Å². The van der Waals surface area contributed by atoms with Crippen molar-refractivity contribution in [2.45, 2.75) is 45.7 Å². The van der Waals surface area contributed by atoms with Crippen molar-refractivity contribution in [3.8, 4) is 5.75 Å². The van der Waals surface area contributed by atoms with Gasteiger partial charge < -0.3 is 15.4 Å². The summed E-state index contributed by atoms with van der Waals surface area (Å²) >= 11 is 1.71. The Morgan fingerprint density at radius 1 is 1.23 bits per heavy atom. The van der Waals surface area contributed by atoms with Crippen LogP contribution in [-0.4, -0.2) is 49.1 Å². The van der Waals surface area contributed by atoms with E-state index in [1.807, 2.05) is 12.1 Å². The summed E-state index contributed by atoms with van der Waals surface area (Å²) in [6, 6.07) is 8.60. The maximum atomic E-state index is 5.65. The predicted molar refractivity (Wildman–Crippen MR) is 136 cm³/mol. The minimum Gasteiger partial charge on any atom is -0.496 e. The molecule has 30 heavy (non-hydrogen) atoms. The van der Waals surface area contributed by atoms with Crippen LogP contribution in [0.2, 0.25) is 0 Å². The van der Waals surface area contributed by atoms with Crippen molar-refractivity contribution in [2.75, 3.05) is 33.3 Å². The number of aryl methyl sites for hydroxylation is 1. The van der Waals surface area contributed by atoms with Gasteiger partial charge >= 0.3 is 0 Å². The van der Waals surface area contributed by atoms with Gasteiger partial charge in [-0.25, -0.2) is 9.98 Å². The minimum atomic E-state index is 0. The molecule has 1 unspecified atom stereocenters. The van der Waals surface area contributed by atoms with E-state index < -0.39 is 0 Å². The van der Waals surface area contributed by atoms with Crippen molar-refractivity contribution in [1.82, 2.24) is 20.5 Å². The Kier molecular flexibility index (Phi) is 10.9. The van der Waals surface area contributed by atoms with Crippen LogP contribution in [0.15, 0.2) is 34.6 Å². The van der Waals surface area contributed by atoms with Crippen molar-refractivity contribution in [3.05, 3.63) is 45.9 Å². The summed E-state index contributed by atoms with van der Waals surface area (Å²) in [4.78, 5) is 11.9. The Bertz CT molecular complexity index is 791. The number of halogens is 1. The van der Waals surface area contributed by atoms with Crippen molar-refractivity contribution in [3.63, 3.8) is 0 Å². The zero-order valence-corrected chi connectivity index (χ0v) is 21.3. The van der Waals surface area contributed by atoms with Crippen molar-refractivity contribution < 1.29 is 4.74 Å². The lowest BCUT2D eigenvalue weighted by atomic mass is 10.0. The number of ether oxygens (including phenoxy) is 1. The lowest BCUT2D eigenvalue weighted by molar-refractivity contribution is 0.239. The number of nitrogens with zero attached hydrogens (tertiary/aromatic N) is 3. The molecule has 1 aromatic heterocycles. The third kappa shape index (κ3) is 6.81. The Hall–Kier alpha value is -1.39. The zero-order valence-electron chi connectivity index (χ0n) is 18.2. The molecule has 1 saturated heterocycles. The van der Waals surface area contributed by atoms with E-state index in [2.05, 4.69) is 51.9 Å². The minimum absolute atomic E-state index is 0. The molecule has 2 N–H and O–H groups in total. The molecule has 0 spiro atoms. The molecule has 1 atom stereocenters. The van der Waals surface area contributed by atoms with Crippen LogP contribution >= 0.6 is 35.3 Å². The summed E-state index contributed by atoms with van der Waals surface area (Å²) in [5.74, 6) is 1.78. The molecule has 0 bridgehead atoms. The Morgan fingerprint density at radius 2 is 2.00 bits per heavy atom. The predicted octanol–water partition coefficient (Wildman–Crippen LogP) is 4.22. The summed E-state index contributed by atoms with van der Waals surface area (Å²) in [5.41, 5.74) is 2.26. The Labute approximate surface area is 201 Å². The van der Waals surface area contributed by atoms with Gasteiger partial charge in [0.1, 0.15) is 5.75 Å². The molecule has 166 valence electrons. The zero-order chi connectivity index (χ0) is 20.5. The summed E-state index contributed by atoms with van der Waals surface area (Å²) in [7, 11) is 1.75. The molecule has 0 aliphatic carbocycles. The molecule has 0 saturated carbocycles. The average Bonchev–Trinajstić information content (AvgIpc) is 3.44. The first-order chi connectivity index (χ1) is 14.2. The SMILES string of the molecule is CCNC(=NCc1csc(CC)n1)NCC(c1ccccc1OC)N1CCCC1.I. The first kappa shape index (κ1) is 24.9. The lowest BCUT2D eigenvalue weighted by Gasteiger charge is -2.30.